The summed E-state index contributed by atoms with van der Waals surface area (Å²) in [6, 6.07) is 0. The first-order valence-electron chi connectivity index (χ1n) is 10.9. The Kier molecular flexibility index (Phi) is 11.1. The molecule has 6 nitrogen and oxygen atoms in total. The van der Waals surface area contributed by atoms with Crippen molar-refractivity contribution in [3.05, 3.63) is 0 Å². The van der Waals surface area contributed by atoms with Crippen molar-refractivity contribution in [3.63, 3.8) is 0 Å². The number of aliphatic imine (C=N–C) groups is 1. The number of likely N-dealkylation sites (tertiary alicyclic amines) is 1. The predicted octanol–water partition coefficient (Wildman–Crippen LogP) is 3.12. The van der Waals surface area contributed by atoms with Gasteiger partial charge in [-0.05, 0) is 59.5 Å². The largest absolute Gasteiger partial charge is 0.356 e. The van der Waals surface area contributed by atoms with Crippen molar-refractivity contribution in [2.75, 3.05) is 39.8 Å². The van der Waals surface area contributed by atoms with Crippen LogP contribution in [-0.2, 0) is 4.79 Å². The maximum atomic E-state index is 12.2. The molecule has 1 aliphatic heterocycles. The second kappa shape index (κ2) is 12.2. The average Bonchev–Trinajstić information content (AvgIpc) is 2.69. The summed E-state index contributed by atoms with van der Waals surface area (Å²) < 4.78 is 0. The van der Waals surface area contributed by atoms with Gasteiger partial charge in [0.2, 0.25) is 5.91 Å². The van der Waals surface area contributed by atoms with Crippen molar-refractivity contribution in [3.8, 4) is 0 Å². The molecule has 1 amide bonds. The maximum Gasteiger partial charge on any atom is 0.227 e. The number of rotatable bonds is 7. The van der Waals surface area contributed by atoms with E-state index in [0.29, 0.717) is 13.1 Å². The van der Waals surface area contributed by atoms with Crippen molar-refractivity contribution in [1.82, 2.24) is 20.9 Å². The van der Waals surface area contributed by atoms with Crippen molar-refractivity contribution >= 4 is 35.8 Å². The molecular formula is C21H42IN5O. The fourth-order valence-electron chi connectivity index (χ4n) is 4.44. The van der Waals surface area contributed by atoms with E-state index in [-0.39, 0.29) is 35.4 Å². The monoisotopic (exact) mass is 507 g/mol. The van der Waals surface area contributed by atoms with Crippen LogP contribution in [0.25, 0.3) is 0 Å². The van der Waals surface area contributed by atoms with Crippen LogP contribution in [0.5, 0.6) is 0 Å². The lowest BCUT2D eigenvalue weighted by atomic mass is 9.79. The zero-order valence-electron chi connectivity index (χ0n) is 18.4. The zero-order valence-corrected chi connectivity index (χ0v) is 20.7. The van der Waals surface area contributed by atoms with Crippen LogP contribution in [0.15, 0.2) is 4.99 Å². The molecule has 0 atom stereocenters. The van der Waals surface area contributed by atoms with E-state index in [9.17, 15) is 4.79 Å². The molecule has 2 aliphatic rings. The minimum atomic E-state index is -0.469. The van der Waals surface area contributed by atoms with Gasteiger partial charge in [-0.3, -0.25) is 14.7 Å². The van der Waals surface area contributed by atoms with Crippen molar-refractivity contribution < 1.29 is 4.79 Å². The molecule has 1 saturated heterocycles. The van der Waals surface area contributed by atoms with Gasteiger partial charge in [0.25, 0.3) is 0 Å². The molecular weight excluding hydrogens is 465 g/mol. The van der Waals surface area contributed by atoms with Gasteiger partial charge in [0.15, 0.2) is 5.96 Å². The van der Waals surface area contributed by atoms with Crippen LogP contribution in [0.4, 0.5) is 0 Å². The Balaban J connectivity index is 0.00000392. The van der Waals surface area contributed by atoms with Gasteiger partial charge < -0.3 is 16.0 Å². The number of halogens is 1. The van der Waals surface area contributed by atoms with Gasteiger partial charge in [0.1, 0.15) is 0 Å². The Morgan fingerprint density at radius 3 is 2.18 bits per heavy atom. The van der Waals surface area contributed by atoms with E-state index in [2.05, 4.69) is 25.8 Å². The fraction of sp³-hybridized carbons (Fsp3) is 0.905. The van der Waals surface area contributed by atoms with Crippen LogP contribution in [0.1, 0.15) is 72.1 Å². The molecule has 2 rings (SSSR count). The normalized spacial score (nSPS) is 20.8. The summed E-state index contributed by atoms with van der Waals surface area (Å²) in [6.07, 6.45) is 10.6. The first kappa shape index (κ1) is 25.5. The Morgan fingerprint density at radius 1 is 1.00 bits per heavy atom. The Bertz CT molecular complexity index is 497. The summed E-state index contributed by atoms with van der Waals surface area (Å²) in [5.74, 6) is 0.874. The summed E-state index contributed by atoms with van der Waals surface area (Å²) in [7, 11) is 1.81. The topological polar surface area (TPSA) is 68.8 Å². The number of carbonyl (C=O) groups excluding carboxylic acids is 1. The maximum absolute atomic E-state index is 12.2. The van der Waals surface area contributed by atoms with E-state index in [1.54, 1.807) is 0 Å². The average molecular weight is 508 g/mol. The molecule has 1 aliphatic carbocycles. The SMILES string of the molecule is CCNC(=O)C(C)(C)CNC(=NC)NCC1(N2CCCCC2)CCCCC1.I. The van der Waals surface area contributed by atoms with Gasteiger partial charge in [-0.25, -0.2) is 0 Å². The van der Waals surface area contributed by atoms with Gasteiger partial charge in [-0.15, -0.1) is 24.0 Å². The third kappa shape index (κ3) is 7.04. The molecule has 0 aromatic rings. The highest BCUT2D eigenvalue weighted by atomic mass is 127. The third-order valence-corrected chi connectivity index (χ3v) is 6.27. The lowest BCUT2D eigenvalue weighted by molar-refractivity contribution is -0.128. The molecule has 0 bridgehead atoms. The van der Waals surface area contributed by atoms with Crippen LogP contribution in [0, 0.1) is 5.41 Å². The number of nitrogens with one attached hydrogen (secondary N) is 3. The van der Waals surface area contributed by atoms with Crippen LogP contribution >= 0.6 is 24.0 Å². The number of amides is 1. The molecule has 0 aromatic heterocycles. The lowest BCUT2D eigenvalue weighted by Crippen LogP contribution is -2.59. The lowest BCUT2D eigenvalue weighted by Gasteiger charge is -2.48. The molecule has 1 saturated carbocycles. The molecule has 7 heteroatoms. The highest BCUT2D eigenvalue weighted by Gasteiger charge is 2.38. The molecule has 28 heavy (non-hydrogen) atoms. The number of piperidine rings is 1. The summed E-state index contributed by atoms with van der Waals surface area (Å²) in [5.41, 5.74) is -0.200. The van der Waals surface area contributed by atoms with E-state index in [1.807, 2.05) is 27.8 Å². The van der Waals surface area contributed by atoms with Crippen LogP contribution < -0.4 is 16.0 Å². The van der Waals surface area contributed by atoms with Gasteiger partial charge in [-0.1, -0.05) is 25.7 Å². The number of hydrogen-bond acceptors (Lipinski definition) is 3. The van der Waals surface area contributed by atoms with Crippen molar-refractivity contribution in [2.45, 2.75) is 77.7 Å². The Hall–Kier alpha value is -0.570. The highest BCUT2D eigenvalue weighted by Crippen LogP contribution is 2.35. The van der Waals surface area contributed by atoms with Gasteiger partial charge in [0.05, 0.1) is 5.41 Å². The fourth-order valence-corrected chi connectivity index (χ4v) is 4.44. The standard InChI is InChI=1S/C21H41N5O.HI/c1-5-23-18(27)20(2,3)16-24-19(22-4)25-17-21(12-8-6-9-13-21)26-14-10-7-11-15-26;/h5-17H2,1-4H3,(H,23,27)(H2,22,24,25);1H. The van der Waals surface area contributed by atoms with Crippen molar-refractivity contribution in [2.24, 2.45) is 10.4 Å². The molecule has 0 aromatic carbocycles. The summed E-state index contributed by atoms with van der Waals surface area (Å²) in [5, 5.41) is 9.87. The molecule has 1 heterocycles. The van der Waals surface area contributed by atoms with Gasteiger partial charge in [0, 0.05) is 32.2 Å². The molecule has 3 N–H and O–H groups in total. The number of carbonyl (C=O) groups is 1. The molecule has 0 radical (unpaired) electrons. The first-order chi connectivity index (χ1) is 12.9. The second-order valence-electron chi connectivity index (χ2n) is 8.86. The Labute approximate surface area is 189 Å². The predicted molar refractivity (Wildman–Crippen MR) is 128 cm³/mol. The van der Waals surface area contributed by atoms with E-state index >= 15 is 0 Å². The molecule has 2 fully saturated rings. The quantitative estimate of drug-likeness (QED) is 0.282. The van der Waals surface area contributed by atoms with E-state index in [1.165, 1.54) is 64.5 Å². The van der Waals surface area contributed by atoms with Gasteiger partial charge in [-0.2, -0.15) is 0 Å². The molecule has 0 spiro atoms. The van der Waals surface area contributed by atoms with Gasteiger partial charge >= 0.3 is 0 Å². The summed E-state index contributed by atoms with van der Waals surface area (Å²) in [4.78, 5) is 19.4. The minimum Gasteiger partial charge on any atom is -0.356 e. The van der Waals surface area contributed by atoms with E-state index < -0.39 is 5.41 Å². The van der Waals surface area contributed by atoms with Crippen LogP contribution in [0.2, 0.25) is 0 Å². The van der Waals surface area contributed by atoms with Crippen LogP contribution in [0.3, 0.4) is 0 Å². The minimum absolute atomic E-state index is 0. The van der Waals surface area contributed by atoms with Crippen LogP contribution in [-0.4, -0.2) is 62.1 Å². The van der Waals surface area contributed by atoms with Crippen molar-refractivity contribution in [1.29, 1.82) is 0 Å². The molecule has 0 unspecified atom stereocenters. The second-order valence-corrected chi connectivity index (χ2v) is 8.86. The number of nitrogens with zero attached hydrogens (tertiary/aromatic N) is 2. The molecule has 164 valence electrons. The first-order valence-corrected chi connectivity index (χ1v) is 10.9. The van der Waals surface area contributed by atoms with E-state index in [4.69, 9.17) is 0 Å². The zero-order chi connectivity index (χ0) is 19.8. The smallest absolute Gasteiger partial charge is 0.227 e. The Morgan fingerprint density at radius 2 is 1.61 bits per heavy atom. The summed E-state index contributed by atoms with van der Waals surface area (Å²) >= 11 is 0. The highest BCUT2D eigenvalue weighted by molar-refractivity contribution is 14.0. The third-order valence-electron chi connectivity index (χ3n) is 6.27. The summed E-state index contributed by atoms with van der Waals surface area (Å²) in [6.45, 7) is 10.5. The number of hydrogen-bond donors (Lipinski definition) is 3. The number of guanidine groups is 1. The van der Waals surface area contributed by atoms with E-state index in [0.717, 1.165) is 12.5 Å².